The minimum atomic E-state index is -0.423. The Bertz CT molecular complexity index is 1290. The molecule has 4 aromatic rings. The molecule has 4 heteroatoms. The van der Waals surface area contributed by atoms with Gasteiger partial charge in [0.1, 0.15) is 0 Å². The molecule has 0 fully saturated rings. The van der Waals surface area contributed by atoms with Gasteiger partial charge >= 0.3 is 5.97 Å². The molecule has 0 amide bonds. The van der Waals surface area contributed by atoms with E-state index in [0.717, 1.165) is 38.9 Å². The van der Waals surface area contributed by atoms with Gasteiger partial charge in [0, 0.05) is 10.9 Å². The number of para-hydroxylation sites is 2. The third-order valence-electron chi connectivity index (χ3n) is 5.47. The van der Waals surface area contributed by atoms with Gasteiger partial charge in [0.2, 0.25) is 0 Å². The lowest BCUT2D eigenvalue weighted by molar-refractivity contribution is 0.0731. The summed E-state index contributed by atoms with van der Waals surface area (Å²) in [5.41, 5.74) is 7.14. The van der Waals surface area contributed by atoms with Crippen LogP contribution in [0.15, 0.2) is 60.7 Å². The Morgan fingerprint density at radius 1 is 0.839 bits per heavy atom. The van der Waals surface area contributed by atoms with Crippen LogP contribution in [0, 0.1) is 27.7 Å². The molecule has 3 aromatic carbocycles. The molecule has 4 rings (SSSR count). The smallest absolute Gasteiger partial charge is 0.344 e. The van der Waals surface area contributed by atoms with Gasteiger partial charge in [0.15, 0.2) is 11.5 Å². The van der Waals surface area contributed by atoms with E-state index < -0.39 is 5.97 Å². The van der Waals surface area contributed by atoms with Gasteiger partial charge < -0.3 is 9.47 Å². The fraction of sp³-hybridized carbons (Fsp3) is 0.185. The molecule has 4 nitrogen and oxygen atoms in total. The molecule has 1 heterocycles. The van der Waals surface area contributed by atoms with Gasteiger partial charge in [-0.25, -0.2) is 9.78 Å². The van der Waals surface area contributed by atoms with Crippen molar-refractivity contribution >= 4 is 16.9 Å². The molecule has 0 bridgehead atoms. The van der Waals surface area contributed by atoms with Gasteiger partial charge in [-0.1, -0.05) is 53.6 Å². The molecular formula is C27H25NO3. The Kier molecular flexibility index (Phi) is 5.47. The molecule has 0 unspecified atom stereocenters. The Labute approximate surface area is 182 Å². The summed E-state index contributed by atoms with van der Waals surface area (Å²) >= 11 is 0. The van der Waals surface area contributed by atoms with Crippen LogP contribution in [0.1, 0.15) is 32.6 Å². The highest BCUT2D eigenvalue weighted by molar-refractivity contribution is 6.08. The van der Waals surface area contributed by atoms with E-state index in [1.165, 1.54) is 5.56 Å². The number of methoxy groups -OCH3 is 1. The van der Waals surface area contributed by atoms with E-state index in [9.17, 15) is 4.79 Å². The first-order valence-corrected chi connectivity index (χ1v) is 10.2. The highest BCUT2D eigenvalue weighted by Crippen LogP contribution is 2.34. The van der Waals surface area contributed by atoms with Gasteiger partial charge in [-0.15, -0.1) is 0 Å². The number of nitrogens with zero attached hydrogens (tertiary/aromatic N) is 1. The van der Waals surface area contributed by atoms with Crippen LogP contribution in [0.4, 0.5) is 0 Å². The number of carbonyl (C=O) groups is 1. The molecule has 0 saturated carbocycles. The maximum absolute atomic E-state index is 13.5. The van der Waals surface area contributed by atoms with Crippen LogP contribution in [0.25, 0.3) is 22.2 Å². The second kappa shape index (κ2) is 8.23. The van der Waals surface area contributed by atoms with Crippen molar-refractivity contribution < 1.29 is 14.3 Å². The van der Waals surface area contributed by atoms with E-state index in [1.807, 2.05) is 58.0 Å². The first-order chi connectivity index (χ1) is 14.9. The molecule has 0 N–H and O–H groups in total. The number of esters is 1. The molecule has 1 aromatic heterocycles. The van der Waals surface area contributed by atoms with Crippen LogP contribution < -0.4 is 9.47 Å². The number of fused-ring (bicyclic) bond motifs is 1. The van der Waals surface area contributed by atoms with E-state index in [0.29, 0.717) is 17.1 Å². The second-order valence-electron chi connectivity index (χ2n) is 7.84. The number of rotatable bonds is 4. The lowest BCUT2D eigenvalue weighted by atomic mass is 9.95. The average Bonchev–Trinajstić information content (AvgIpc) is 2.74. The van der Waals surface area contributed by atoms with Crippen LogP contribution in [0.3, 0.4) is 0 Å². The summed E-state index contributed by atoms with van der Waals surface area (Å²) in [6.45, 7) is 8.02. The number of benzene rings is 3. The fourth-order valence-corrected chi connectivity index (χ4v) is 3.92. The maximum Gasteiger partial charge on any atom is 0.344 e. The molecule has 0 spiro atoms. The van der Waals surface area contributed by atoms with E-state index in [4.69, 9.17) is 14.5 Å². The molecular weight excluding hydrogens is 386 g/mol. The van der Waals surface area contributed by atoms with Crippen LogP contribution in [-0.4, -0.2) is 18.1 Å². The van der Waals surface area contributed by atoms with E-state index in [1.54, 1.807) is 19.2 Å². The van der Waals surface area contributed by atoms with Gasteiger partial charge in [-0.05, 0) is 57.0 Å². The lowest BCUT2D eigenvalue weighted by Crippen LogP contribution is -2.13. The van der Waals surface area contributed by atoms with E-state index in [2.05, 4.69) is 18.2 Å². The van der Waals surface area contributed by atoms with Crippen molar-refractivity contribution in [2.45, 2.75) is 27.7 Å². The number of ether oxygens (including phenoxy) is 2. The Hall–Kier alpha value is -3.66. The van der Waals surface area contributed by atoms with Crippen LogP contribution in [-0.2, 0) is 0 Å². The molecule has 0 aliphatic carbocycles. The highest BCUT2D eigenvalue weighted by atomic mass is 16.6. The van der Waals surface area contributed by atoms with Gasteiger partial charge in [0.25, 0.3) is 0 Å². The summed E-state index contributed by atoms with van der Waals surface area (Å²) in [5, 5.41) is 0.797. The van der Waals surface area contributed by atoms with Crippen molar-refractivity contribution in [3.63, 3.8) is 0 Å². The Morgan fingerprint density at radius 3 is 2.19 bits per heavy atom. The zero-order chi connectivity index (χ0) is 22.1. The number of carbonyl (C=O) groups excluding carboxylic acids is 1. The Balaban J connectivity index is 1.94. The monoisotopic (exact) mass is 411 g/mol. The fourth-order valence-electron chi connectivity index (χ4n) is 3.92. The normalized spacial score (nSPS) is 10.9. The molecule has 0 atom stereocenters. The van der Waals surface area contributed by atoms with Crippen molar-refractivity contribution in [1.29, 1.82) is 0 Å². The molecule has 0 aliphatic rings. The highest BCUT2D eigenvalue weighted by Gasteiger charge is 2.22. The van der Waals surface area contributed by atoms with Crippen molar-refractivity contribution in [2.24, 2.45) is 0 Å². The van der Waals surface area contributed by atoms with Crippen molar-refractivity contribution in [2.75, 3.05) is 7.11 Å². The third-order valence-corrected chi connectivity index (χ3v) is 5.47. The molecule has 0 aliphatic heterocycles. The zero-order valence-corrected chi connectivity index (χ0v) is 18.4. The zero-order valence-electron chi connectivity index (χ0n) is 18.4. The summed E-state index contributed by atoms with van der Waals surface area (Å²) in [6, 6.07) is 19.4. The summed E-state index contributed by atoms with van der Waals surface area (Å²) in [5.74, 6) is 0.478. The second-order valence-corrected chi connectivity index (χ2v) is 7.84. The van der Waals surface area contributed by atoms with Crippen LogP contribution in [0.2, 0.25) is 0 Å². The SMILES string of the molecule is COc1ccccc1OC(=O)c1c(C)c(-c2ccc(C)cc2)nc2c(C)cc(C)cc12. The number of aryl methyl sites for hydroxylation is 3. The van der Waals surface area contributed by atoms with Crippen LogP contribution >= 0.6 is 0 Å². The van der Waals surface area contributed by atoms with Crippen LogP contribution in [0.5, 0.6) is 11.5 Å². The van der Waals surface area contributed by atoms with Gasteiger partial charge in [-0.2, -0.15) is 0 Å². The topological polar surface area (TPSA) is 48.4 Å². The summed E-state index contributed by atoms with van der Waals surface area (Å²) in [7, 11) is 1.56. The lowest BCUT2D eigenvalue weighted by Gasteiger charge is -2.17. The number of aromatic nitrogens is 1. The van der Waals surface area contributed by atoms with E-state index in [-0.39, 0.29) is 0 Å². The summed E-state index contributed by atoms with van der Waals surface area (Å²) in [4.78, 5) is 18.4. The number of hydrogen-bond acceptors (Lipinski definition) is 4. The average molecular weight is 412 g/mol. The van der Waals surface area contributed by atoms with Crippen molar-refractivity contribution in [1.82, 2.24) is 4.98 Å². The minimum Gasteiger partial charge on any atom is -0.493 e. The van der Waals surface area contributed by atoms with Gasteiger partial charge in [-0.3, -0.25) is 0 Å². The van der Waals surface area contributed by atoms with E-state index >= 15 is 0 Å². The molecule has 0 radical (unpaired) electrons. The minimum absolute atomic E-state index is 0.389. The number of pyridine rings is 1. The predicted octanol–water partition coefficient (Wildman–Crippen LogP) is 6.36. The summed E-state index contributed by atoms with van der Waals surface area (Å²) < 4.78 is 11.2. The third kappa shape index (κ3) is 3.89. The summed E-state index contributed by atoms with van der Waals surface area (Å²) in [6.07, 6.45) is 0. The number of hydrogen-bond donors (Lipinski definition) is 0. The van der Waals surface area contributed by atoms with Crippen molar-refractivity contribution in [3.8, 4) is 22.8 Å². The largest absolute Gasteiger partial charge is 0.493 e. The predicted molar refractivity (Wildman–Crippen MR) is 124 cm³/mol. The van der Waals surface area contributed by atoms with Gasteiger partial charge in [0.05, 0.1) is 23.9 Å². The standard InChI is InChI=1S/C27H25NO3/c1-16-10-12-20(13-11-16)26-19(4)24(21-15-17(2)14-18(3)25(21)28-26)27(29)31-23-9-7-6-8-22(23)30-5/h6-15H,1-5H3. The maximum atomic E-state index is 13.5. The first kappa shape index (κ1) is 20.6. The first-order valence-electron chi connectivity index (χ1n) is 10.2. The molecule has 0 saturated heterocycles. The quantitative estimate of drug-likeness (QED) is 0.289. The molecule has 156 valence electrons. The van der Waals surface area contributed by atoms with Crippen molar-refractivity contribution in [3.05, 3.63) is 88.5 Å². The molecule has 31 heavy (non-hydrogen) atoms. The Morgan fingerprint density at radius 2 is 1.52 bits per heavy atom.